The summed E-state index contributed by atoms with van der Waals surface area (Å²) in [5, 5.41) is 0. The summed E-state index contributed by atoms with van der Waals surface area (Å²) in [6.45, 7) is 17.3. The smallest absolute Gasteiger partial charge is 0.399 e. The zero-order chi connectivity index (χ0) is 16.0. The summed E-state index contributed by atoms with van der Waals surface area (Å²) in [5.74, 6) is 0.993. The number of benzene rings is 1. The summed E-state index contributed by atoms with van der Waals surface area (Å²) in [6.07, 6.45) is 0. The second kappa shape index (κ2) is 5.44. The molecule has 0 unspecified atom stereocenters. The lowest BCUT2D eigenvalue weighted by Gasteiger charge is -2.32. The fraction of sp³-hybridized carbons (Fsp3) is 0.667. The Morgan fingerprint density at radius 1 is 0.857 bits per heavy atom. The molecule has 1 aliphatic heterocycles. The summed E-state index contributed by atoms with van der Waals surface area (Å²) in [5.41, 5.74) is 3.30. The van der Waals surface area contributed by atoms with Crippen molar-refractivity contribution in [3.8, 4) is 0 Å². The predicted molar refractivity (Wildman–Crippen MR) is 90.3 cm³/mol. The molecule has 0 saturated carbocycles. The molecule has 0 N–H and O–H groups in total. The summed E-state index contributed by atoms with van der Waals surface area (Å²) >= 11 is 0. The van der Waals surface area contributed by atoms with Gasteiger partial charge in [0.1, 0.15) is 0 Å². The maximum atomic E-state index is 6.22. The lowest BCUT2D eigenvalue weighted by Crippen LogP contribution is -2.41. The van der Waals surface area contributed by atoms with Gasteiger partial charge in [-0.3, -0.25) is 0 Å². The molecule has 21 heavy (non-hydrogen) atoms. The van der Waals surface area contributed by atoms with Crippen molar-refractivity contribution in [1.29, 1.82) is 0 Å². The average molecular weight is 288 g/mol. The topological polar surface area (TPSA) is 18.5 Å². The van der Waals surface area contributed by atoms with Crippen molar-refractivity contribution in [2.75, 3.05) is 0 Å². The Balaban J connectivity index is 2.41. The first-order valence-electron chi connectivity index (χ1n) is 8.04. The van der Waals surface area contributed by atoms with Gasteiger partial charge < -0.3 is 9.31 Å². The van der Waals surface area contributed by atoms with Gasteiger partial charge >= 0.3 is 7.12 Å². The minimum Gasteiger partial charge on any atom is -0.399 e. The van der Waals surface area contributed by atoms with E-state index in [1.807, 2.05) is 0 Å². The molecule has 0 radical (unpaired) electrons. The molecule has 116 valence electrons. The van der Waals surface area contributed by atoms with E-state index in [1.54, 1.807) is 0 Å². The van der Waals surface area contributed by atoms with Gasteiger partial charge in [0, 0.05) is 0 Å². The summed E-state index contributed by atoms with van der Waals surface area (Å²) in [7, 11) is -0.270. The van der Waals surface area contributed by atoms with E-state index in [0.717, 1.165) is 0 Å². The molecule has 1 aromatic carbocycles. The summed E-state index contributed by atoms with van der Waals surface area (Å²) < 4.78 is 12.4. The van der Waals surface area contributed by atoms with Crippen molar-refractivity contribution in [3.63, 3.8) is 0 Å². The third-order valence-electron chi connectivity index (χ3n) is 4.91. The third kappa shape index (κ3) is 3.05. The zero-order valence-corrected chi connectivity index (χ0v) is 14.8. The molecule has 0 atom stereocenters. The van der Waals surface area contributed by atoms with Crippen LogP contribution in [0.5, 0.6) is 0 Å². The Kier molecular flexibility index (Phi) is 4.29. The van der Waals surface area contributed by atoms with Crippen LogP contribution in [-0.2, 0) is 9.31 Å². The molecule has 0 amide bonds. The standard InChI is InChI=1S/C18H29BO2/c1-12(2)14-9-10-16(15(11-14)13(3)4)19-20-17(5,6)18(7,8)21-19/h9-13H,1-8H3. The third-order valence-corrected chi connectivity index (χ3v) is 4.91. The van der Waals surface area contributed by atoms with Crippen LogP contribution >= 0.6 is 0 Å². The van der Waals surface area contributed by atoms with Gasteiger partial charge in [0.15, 0.2) is 0 Å². The first-order chi connectivity index (χ1) is 9.55. The van der Waals surface area contributed by atoms with E-state index in [1.165, 1.54) is 16.6 Å². The highest BCUT2D eigenvalue weighted by atomic mass is 16.7. The van der Waals surface area contributed by atoms with Crippen LogP contribution in [0, 0.1) is 0 Å². The van der Waals surface area contributed by atoms with E-state index in [0.29, 0.717) is 11.8 Å². The van der Waals surface area contributed by atoms with E-state index in [-0.39, 0.29) is 18.3 Å². The van der Waals surface area contributed by atoms with Crippen LogP contribution in [0.1, 0.15) is 78.4 Å². The quantitative estimate of drug-likeness (QED) is 0.775. The van der Waals surface area contributed by atoms with Crippen molar-refractivity contribution >= 4 is 12.6 Å². The fourth-order valence-corrected chi connectivity index (χ4v) is 2.64. The second-order valence-electron chi connectivity index (χ2n) is 7.79. The van der Waals surface area contributed by atoms with Gasteiger partial charge in [0.2, 0.25) is 0 Å². The lowest BCUT2D eigenvalue weighted by atomic mass is 9.72. The SMILES string of the molecule is CC(C)c1ccc(B2OC(C)(C)C(C)(C)O2)c(C(C)C)c1. The molecule has 1 aliphatic rings. The predicted octanol–water partition coefficient (Wildman–Crippen LogP) is 4.23. The molecule has 1 fully saturated rings. The van der Waals surface area contributed by atoms with Gasteiger partial charge in [-0.25, -0.2) is 0 Å². The first-order valence-corrected chi connectivity index (χ1v) is 8.04. The maximum Gasteiger partial charge on any atom is 0.495 e. The van der Waals surface area contributed by atoms with Crippen LogP contribution in [0.3, 0.4) is 0 Å². The molecule has 3 heteroatoms. The summed E-state index contributed by atoms with van der Waals surface area (Å²) in [6, 6.07) is 6.71. The molecule has 0 bridgehead atoms. The van der Waals surface area contributed by atoms with Crippen molar-refractivity contribution in [2.24, 2.45) is 0 Å². The van der Waals surface area contributed by atoms with Gasteiger partial charge in [-0.05, 0) is 56.1 Å². The molecule has 1 heterocycles. The molecule has 0 aliphatic carbocycles. The Hall–Kier alpha value is -0.795. The molecular formula is C18H29BO2. The minimum atomic E-state index is -0.289. The van der Waals surface area contributed by atoms with E-state index in [2.05, 4.69) is 73.6 Å². The molecule has 0 spiro atoms. The molecule has 1 saturated heterocycles. The highest BCUT2D eigenvalue weighted by Gasteiger charge is 2.52. The normalized spacial score (nSPS) is 20.6. The average Bonchev–Trinajstić information content (AvgIpc) is 2.57. The highest BCUT2D eigenvalue weighted by Crippen LogP contribution is 2.37. The number of rotatable bonds is 3. The van der Waals surface area contributed by atoms with Crippen molar-refractivity contribution in [2.45, 2.75) is 78.4 Å². The first kappa shape index (κ1) is 16.6. The van der Waals surface area contributed by atoms with Gasteiger partial charge in [-0.15, -0.1) is 0 Å². The van der Waals surface area contributed by atoms with Crippen LogP contribution in [0.25, 0.3) is 0 Å². The van der Waals surface area contributed by atoms with Crippen molar-refractivity contribution < 1.29 is 9.31 Å². The van der Waals surface area contributed by atoms with Crippen molar-refractivity contribution in [1.82, 2.24) is 0 Å². The number of hydrogen-bond donors (Lipinski definition) is 0. The molecule has 2 rings (SSSR count). The van der Waals surface area contributed by atoms with Gasteiger partial charge in [-0.2, -0.15) is 0 Å². The van der Waals surface area contributed by atoms with Gasteiger partial charge in [0.05, 0.1) is 11.2 Å². The Bertz CT molecular complexity index is 502. The fourth-order valence-electron chi connectivity index (χ4n) is 2.64. The number of hydrogen-bond acceptors (Lipinski definition) is 2. The Morgan fingerprint density at radius 2 is 1.38 bits per heavy atom. The zero-order valence-electron chi connectivity index (χ0n) is 14.8. The molecule has 0 aromatic heterocycles. The lowest BCUT2D eigenvalue weighted by molar-refractivity contribution is 0.00578. The van der Waals surface area contributed by atoms with E-state index < -0.39 is 0 Å². The largest absolute Gasteiger partial charge is 0.495 e. The van der Waals surface area contributed by atoms with Crippen LogP contribution in [0.4, 0.5) is 0 Å². The van der Waals surface area contributed by atoms with Crippen LogP contribution in [-0.4, -0.2) is 18.3 Å². The minimum absolute atomic E-state index is 0.270. The van der Waals surface area contributed by atoms with E-state index >= 15 is 0 Å². The van der Waals surface area contributed by atoms with Crippen LogP contribution < -0.4 is 5.46 Å². The highest BCUT2D eigenvalue weighted by molar-refractivity contribution is 6.62. The van der Waals surface area contributed by atoms with E-state index in [9.17, 15) is 0 Å². The van der Waals surface area contributed by atoms with Gasteiger partial charge in [0.25, 0.3) is 0 Å². The Labute approximate surface area is 130 Å². The van der Waals surface area contributed by atoms with Crippen molar-refractivity contribution in [3.05, 3.63) is 29.3 Å². The summed E-state index contributed by atoms with van der Waals surface area (Å²) in [4.78, 5) is 0. The van der Waals surface area contributed by atoms with Crippen LogP contribution in [0.2, 0.25) is 0 Å². The molecule has 2 nitrogen and oxygen atoms in total. The van der Waals surface area contributed by atoms with Crippen LogP contribution in [0.15, 0.2) is 18.2 Å². The monoisotopic (exact) mass is 288 g/mol. The second-order valence-corrected chi connectivity index (χ2v) is 7.79. The Morgan fingerprint density at radius 3 is 1.81 bits per heavy atom. The molecular weight excluding hydrogens is 259 g/mol. The van der Waals surface area contributed by atoms with Gasteiger partial charge in [-0.1, -0.05) is 45.9 Å². The maximum absolute atomic E-state index is 6.22. The molecule has 1 aromatic rings. The van der Waals surface area contributed by atoms with E-state index in [4.69, 9.17) is 9.31 Å².